The lowest BCUT2D eigenvalue weighted by molar-refractivity contribution is 0.0447. The van der Waals surface area contributed by atoms with Gasteiger partial charge in [-0.05, 0) is 38.0 Å². The average Bonchev–Trinajstić information content (AvgIpc) is 2.97. The van der Waals surface area contributed by atoms with E-state index < -0.39 is 5.60 Å². The van der Waals surface area contributed by atoms with Gasteiger partial charge in [0.05, 0.1) is 12.1 Å². The summed E-state index contributed by atoms with van der Waals surface area (Å²) >= 11 is 1.93. The number of carbonyl (C=O) groups excluding carboxylic acids is 1. The van der Waals surface area contributed by atoms with Gasteiger partial charge in [0, 0.05) is 18.3 Å². The summed E-state index contributed by atoms with van der Waals surface area (Å²) in [4.78, 5) is 14.2. The fourth-order valence-corrected chi connectivity index (χ4v) is 3.79. The molecule has 2 rings (SSSR count). The summed E-state index contributed by atoms with van der Waals surface area (Å²) in [5, 5.41) is 13.6. The third-order valence-electron chi connectivity index (χ3n) is 3.59. The molecule has 0 radical (unpaired) electrons. The Hall–Kier alpha value is -1.20. The van der Waals surface area contributed by atoms with E-state index in [0.29, 0.717) is 24.9 Å². The fourth-order valence-electron chi connectivity index (χ4n) is 2.59. The topological polar surface area (TPSA) is 52.6 Å². The predicted molar refractivity (Wildman–Crippen MR) is 92.0 cm³/mol. The summed E-state index contributed by atoms with van der Waals surface area (Å²) < 4.78 is 0. The Morgan fingerprint density at radius 2 is 2.14 bits per heavy atom. The molecule has 1 heterocycles. The molecule has 0 aromatic heterocycles. The molecule has 1 aliphatic heterocycles. The van der Waals surface area contributed by atoms with Gasteiger partial charge in [0.15, 0.2) is 0 Å². The van der Waals surface area contributed by atoms with Crippen molar-refractivity contribution in [3.05, 3.63) is 35.9 Å². The van der Waals surface area contributed by atoms with Crippen LogP contribution in [0.25, 0.3) is 0 Å². The van der Waals surface area contributed by atoms with Crippen LogP contribution in [0.4, 0.5) is 4.79 Å². The highest BCUT2D eigenvalue weighted by Gasteiger charge is 2.24. The van der Waals surface area contributed by atoms with Crippen LogP contribution in [0.2, 0.25) is 0 Å². The van der Waals surface area contributed by atoms with E-state index in [4.69, 9.17) is 0 Å². The highest BCUT2D eigenvalue weighted by Crippen LogP contribution is 2.25. The molecule has 1 unspecified atom stereocenters. The van der Waals surface area contributed by atoms with Crippen LogP contribution in [-0.2, 0) is 6.54 Å². The molecule has 1 atom stereocenters. The molecule has 5 heteroatoms. The van der Waals surface area contributed by atoms with Crippen molar-refractivity contribution in [2.75, 3.05) is 18.8 Å². The maximum atomic E-state index is 12.5. The van der Waals surface area contributed by atoms with Gasteiger partial charge in [-0.25, -0.2) is 4.79 Å². The zero-order valence-corrected chi connectivity index (χ0v) is 14.2. The largest absolute Gasteiger partial charge is 0.389 e. The lowest BCUT2D eigenvalue weighted by Gasteiger charge is -2.29. The minimum absolute atomic E-state index is 0.0986. The van der Waals surface area contributed by atoms with Crippen LogP contribution in [0.3, 0.4) is 0 Å². The zero-order chi connectivity index (χ0) is 16.0. The molecule has 0 aliphatic carbocycles. The summed E-state index contributed by atoms with van der Waals surface area (Å²) in [6.07, 6.45) is 2.41. The number of amides is 2. The number of thioether (sulfide) groups is 1. The van der Waals surface area contributed by atoms with Crippen LogP contribution < -0.4 is 5.32 Å². The summed E-state index contributed by atoms with van der Waals surface area (Å²) in [5.41, 5.74) is 0.158. The Kier molecular flexibility index (Phi) is 6.15. The van der Waals surface area contributed by atoms with Crippen molar-refractivity contribution in [1.29, 1.82) is 0 Å². The number of hydrogen-bond acceptors (Lipinski definition) is 3. The number of aliphatic hydroxyl groups is 1. The molecule has 0 bridgehead atoms. The number of carbonyl (C=O) groups is 1. The van der Waals surface area contributed by atoms with E-state index in [9.17, 15) is 9.90 Å². The molecule has 0 saturated carbocycles. The van der Waals surface area contributed by atoms with Crippen LogP contribution in [0.15, 0.2) is 30.3 Å². The third kappa shape index (κ3) is 5.89. The van der Waals surface area contributed by atoms with Crippen molar-refractivity contribution >= 4 is 17.8 Å². The average molecular weight is 322 g/mol. The van der Waals surface area contributed by atoms with Gasteiger partial charge in [-0.1, -0.05) is 30.3 Å². The third-order valence-corrected chi connectivity index (χ3v) is 4.98. The van der Waals surface area contributed by atoms with E-state index in [1.165, 1.54) is 18.6 Å². The molecule has 4 nitrogen and oxygen atoms in total. The maximum Gasteiger partial charge on any atom is 0.317 e. The number of hydrogen-bond donors (Lipinski definition) is 2. The maximum absolute atomic E-state index is 12.5. The fraction of sp³-hybridized carbons (Fsp3) is 0.588. The highest BCUT2D eigenvalue weighted by atomic mass is 32.2. The van der Waals surface area contributed by atoms with Crippen LogP contribution in [-0.4, -0.2) is 45.7 Å². The Labute approximate surface area is 137 Å². The van der Waals surface area contributed by atoms with E-state index in [-0.39, 0.29) is 6.03 Å². The molecule has 0 spiro atoms. The minimum Gasteiger partial charge on any atom is -0.389 e. The van der Waals surface area contributed by atoms with E-state index in [1.54, 1.807) is 18.7 Å². The number of nitrogens with zero attached hydrogens (tertiary/aromatic N) is 1. The predicted octanol–water partition coefficient (Wildman–Crippen LogP) is 2.86. The smallest absolute Gasteiger partial charge is 0.317 e. The van der Waals surface area contributed by atoms with Crippen LogP contribution in [0.5, 0.6) is 0 Å². The first-order valence-electron chi connectivity index (χ1n) is 7.85. The highest BCUT2D eigenvalue weighted by molar-refractivity contribution is 8.00. The molecule has 22 heavy (non-hydrogen) atoms. The number of rotatable bonds is 6. The normalized spacial score (nSPS) is 18.2. The molecule has 1 aromatic rings. The molecule has 1 aliphatic rings. The summed E-state index contributed by atoms with van der Waals surface area (Å²) in [6.45, 7) is 4.98. The van der Waals surface area contributed by atoms with Crippen molar-refractivity contribution in [1.82, 2.24) is 10.2 Å². The van der Waals surface area contributed by atoms with E-state index >= 15 is 0 Å². The summed E-state index contributed by atoms with van der Waals surface area (Å²) in [7, 11) is 0. The van der Waals surface area contributed by atoms with Gasteiger partial charge in [-0.15, -0.1) is 0 Å². The van der Waals surface area contributed by atoms with E-state index in [1.807, 2.05) is 42.1 Å². The van der Waals surface area contributed by atoms with Crippen LogP contribution >= 0.6 is 11.8 Å². The Morgan fingerprint density at radius 3 is 2.73 bits per heavy atom. The molecule has 122 valence electrons. The van der Waals surface area contributed by atoms with Crippen molar-refractivity contribution < 1.29 is 9.90 Å². The number of urea groups is 1. The Balaban J connectivity index is 1.94. The first-order chi connectivity index (χ1) is 10.4. The van der Waals surface area contributed by atoms with Gasteiger partial charge in [-0.3, -0.25) is 0 Å². The summed E-state index contributed by atoms with van der Waals surface area (Å²) in [6, 6.07) is 9.78. The second kappa shape index (κ2) is 7.88. The van der Waals surface area contributed by atoms with E-state index in [2.05, 4.69) is 5.32 Å². The molecule has 2 N–H and O–H groups in total. The second-order valence-electron chi connectivity index (χ2n) is 6.48. The second-order valence-corrected chi connectivity index (χ2v) is 7.88. The number of benzene rings is 1. The lowest BCUT2D eigenvalue weighted by atomic mass is 10.1. The van der Waals surface area contributed by atoms with Gasteiger partial charge >= 0.3 is 6.03 Å². The van der Waals surface area contributed by atoms with Crippen LogP contribution in [0.1, 0.15) is 32.3 Å². The van der Waals surface area contributed by atoms with Crippen molar-refractivity contribution in [3.8, 4) is 0 Å². The van der Waals surface area contributed by atoms with Gasteiger partial charge in [0.1, 0.15) is 0 Å². The van der Waals surface area contributed by atoms with E-state index in [0.717, 1.165) is 5.56 Å². The Morgan fingerprint density at radius 1 is 1.41 bits per heavy atom. The SMILES string of the molecule is CC(C)(O)CN(Cc1ccccc1)C(=O)NCC1CCCS1. The first kappa shape index (κ1) is 17.2. The van der Waals surface area contributed by atoms with Gasteiger partial charge in [0.25, 0.3) is 0 Å². The lowest BCUT2D eigenvalue weighted by Crippen LogP contribution is -2.47. The molecule has 1 saturated heterocycles. The Bertz CT molecular complexity index is 467. The van der Waals surface area contributed by atoms with Crippen LogP contribution in [0, 0.1) is 0 Å². The quantitative estimate of drug-likeness (QED) is 0.847. The number of nitrogens with one attached hydrogen (secondary N) is 1. The molecular weight excluding hydrogens is 296 g/mol. The van der Waals surface area contributed by atoms with Crippen molar-refractivity contribution in [2.24, 2.45) is 0 Å². The molecule has 2 amide bonds. The molecule has 1 fully saturated rings. The molecular formula is C17H26N2O2S. The van der Waals surface area contributed by atoms with Gasteiger partial charge in [-0.2, -0.15) is 11.8 Å². The summed E-state index contributed by atoms with van der Waals surface area (Å²) in [5.74, 6) is 1.19. The zero-order valence-electron chi connectivity index (χ0n) is 13.4. The monoisotopic (exact) mass is 322 g/mol. The molecule has 1 aromatic carbocycles. The van der Waals surface area contributed by atoms with Gasteiger partial charge < -0.3 is 15.3 Å². The standard InChI is InChI=1S/C17H26N2O2S/c1-17(2,21)13-19(12-14-7-4-3-5-8-14)16(20)18-11-15-9-6-10-22-15/h3-5,7-8,15,21H,6,9-13H2,1-2H3,(H,18,20). The first-order valence-corrected chi connectivity index (χ1v) is 8.89. The van der Waals surface area contributed by atoms with Gasteiger partial charge in [0.2, 0.25) is 0 Å². The van der Waals surface area contributed by atoms with Crippen molar-refractivity contribution in [3.63, 3.8) is 0 Å². The minimum atomic E-state index is -0.909. The van der Waals surface area contributed by atoms with Crippen molar-refractivity contribution in [2.45, 2.75) is 44.1 Å².